The number of benzene rings is 2. The Labute approximate surface area is 132 Å². The SMILES string of the molecule is COc1cc(Br)c(Br)c(-c2nc3ccccc3[nH]2)c1O. The summed E-state index contributed by atoms with van der Waals surface area (Å²) < 4.78 is 6.67. The summed E-state index contributed by atoms with van der Waals surface area (Å²) in [6.45, 7) is 0. The zero-order valence-electron chi connectivity index (χ0n) is 10.4. The summed E-state index contributed by atoms with van der Waals surface area (Å²) in [7, 11) is 1.51. The Morgan fingerprint density at radius 2 is 2.00 bits per heavy atom. The fraction of sp³-hybridized carbons (Fsp3) is 0.0714. The molecule has 0 unspecified atom stereocenters. The van der Waals surface area contributed by atoms with Gasteiger partial charge in [-0.3, -0.25) is 0 Å². The maximum absolute atomic E-state index is 10.3. The number of methoxy groups -OCH3 is 1. The molecule has 0 aliphatic carbocycles. The molecule has 4 nitrogen and oxygen atoms in total. The average Bonchev–Trinajstić information content (AvgIpc) is 2.86. The molecule has 1 aromatic heterocycles. The number of phenols is 1. The lowest BCUT2D eigenvalue weighted by molar-refractivity contribution is 0.374. The number of aromatic hydroxyl groups is 1. The van der Waals surface area contributed by atoms with E-state index >= 15 is 0 Å². The van der Waals surface area contributed by atoms with E-state index in [9.17, 15) is 5.11 Å². The van der Waals surface area contributed by atoms with Crippen LogP contribution >= 0.6 is 31.9 Å². The first-order valence-corrected chi connectivity index (χ1v) is 7.40. The van der Waals surface area contributed by atoms with Gasteiger partial charge in [0, 0.05) is 8.95 Å². The molecule has 102 valence electrons. The molecule has 6 heteroatoms. The van der Waals surface area contributed by atoms with Crippen molar-refractivity contribution in [3.05, 3.63) is 39.3 Å². The first kappa shape index (κ1) is 13.5. The van der Waals surface area contributed by atoms with Crippen LogP contribution < -0.4 is 4.74 Å². The van der Waals surface area contributed by atoms with E-state index in [2.05, 4.69) is 41.8 Å². The zero-order chi connectivity index (χ0) is 14.3. The molecule has 0 atom stereocenters. The van der Waals surface area contributed by atoms with Crippen molar-refractivity contribution in [3.8, 4) is 22.9 Å². The third-order valence-electron chi connectivity index (χ3n) is 3.00. The largest absolute Gasteiger partial charge is 0.504 e. The molecule has 3 rings (SSSR count). The van der Waals surface area contributed by atoms with Gasteiger partial charge >= 0.3 is 0 Å². The minimum atomic E-state index is 0.0432. The highest BCUT2D eigenvalue weighted by atomic mass is 79.9. The number of fused-ring (bicyclic) bond motifs is 1. The summed E-state index contributed by atoms with van der Waals surface area (Å²) in [5, 5.41) is 10.3. The van der Waals surface area contributed by atoms with Crippen LogP contribution in [0.25, 0.3) is 22.4 Å². The number of aromatic nitrogens is 2. The maximum Gasteiger partial charge on any atom is 0.170 e. The Kier molecular flexibility index (Phi) is 3.43. The Balaban J connectivity index is 2.30. The van der Waals surface area contributed by atoms with Crippen LogP contribution in [0, 0.1) is 0 Å². The monoisotopic (exact) mass is 396 g/mol. The number of H-pyrrole nitrogens is 1. The topological polar surface area (TPSA) is 58.1 Å². The van der Waals surface area contributed by atoms with Gasteiger partial charge in [0.2, 0.25) is 0 Å². The third kappa shape index (κ3) is 2.09. The lowest BCUT2D eigenvalue weighted by atomic mass is 10.2. The number of phenolic OH excluding ortho intramolecular Hbond substituents is 1. The number of nitrogens with one attached hydrogen (secondary N) is 1. The number of imidazole rings is 1. The van der Waals surface area contributed by atoms with Crippen LogP contribution in [0.4, 0.5) is 0 Å². The Hall–Kier alpha value is -1.53. The highest BCUT2D eigenvalue weighted by molar-refractivity contribution is 9.13. The Morgan fingerprint density at radius 1 is 1.25 bits per heavy atom. The molecule has 3 aromatic rings. The summed E-state index contributed by atoms with van der Waals surface area (Å²) in [5.41, 5.74) is 2.31. The van der Waals surface area contributed by atoms with E-state index in [0.29, 0.717) is 17.1 Å². The molecule has 0 saturated heterocycles. The highest BCUT2D eigenvalue weighted by Gasteiger charge is 2.20. The smallest absolute Gasteiger partial charge is 0.170 e. The van der Waals surface area contributed by atoms with E-state index in [1.165, 1.54) is 7.11 Å². The molecule has 0 aliphatic rings. The molecule has 0 fully saturated rings. The molecule has 0 radical (unpaired) electrons. The third-order valence-corrected chi connectivity index (χ3v) is 4.98. The van der Waals surface area contributed by atoms with E-state index in [-0.39, 0.29) is 5.75 Å². The second-order valence-electron chi connectivity index (χ2n) is 4.20. The minimum absolute atomic E-state index is 0.0432. The second-order valence-corrected chi connectivity index (χ2v) is 5.85. The number of aromatic amines is 1. The van der Waals surface area contributed by atoms with E-state index in [4.69, 9.17) is 4.74 Å². The van der Waals surface area contributed by atoms with Gasteiger partial charge in [0.15, 0.2) is 11.5 Å². The van der Waals surface area contributed by atoms with Crippen molar-refractivity contribution in [1.29, 1.82) is 0 Å². The van der Waals surface area contributed by atoms with Crippen LogP contribution in [0.3, 0.4) is 0 Å². The summed E-state index contributed by atoms with van der Waals surface area (Å²) in [6.07, 6.45) is 0. The molecule has 0 bridgehead atoms. The Morgan fingerprint density at radius 3 is 2.70 bits per heavy atom. The number of hydrogen-bond donors (Lipinski definition) is 2. The molecule has 0 aliphatic heterocycles. The van der Waals surface area contributed by atoms with Crippen LogP contribution in [0.5, 0.6) is 11.5 Å². The first-order chi connectivity index (χ1) is 9.61. The van der Waals surface area contributed by atoms with Crippen LogP contribution in [0.15, 0.2) is 39.3 Å². The summed E-state index contributed by atoms with van der Waals surface area (Å²) >= 11 is 6.90. The van der Waals surface area contributed by atoms with Crippen LogP contribution in [-0.2, 0) is 0 Å². The predicted molar refractivity (Wildman–Crippen MR) is 85.1 cm³/mol. The van der Waals surface area contributed by atoms with E-state index < -0.39 is 0 Å². The quantitative estimate of drug-likeness (QED) is 0.670. The van der Waals surface area contributed by atoms with Gasteiger partial charge in [0.1, 0.15) is 5.82 Å². The van der Waals surface area contributed by atoms with Crippen molar-refractivity contribution >= 4 is 42.9 Å². The summed E-state index contributed by atoms with van der Waals surface area (Å²) in [5.74, 6) is 1.01. The summed E-state index contributed by atoms with van der Waals surface area (Å²) in [4.78, 5) is 7.69. The fourth-order valence-electron chi connectivity index (χ4n) is 2.04. The fourth-order valence-corrected chi connectivity index (χ4v) is 2.93. The van der Waals surface area contributed by atoms with Gasteiger partial charge < -0.3 is 14.8 Å². The van der Waals surface area contributed by atoms with E-state index in [1.54, 1.807) is 6.07 Å². The molecule has 1 heterocycles. The van der Waals surface area contributed by atoms with Crippen LogP contribution in [-0.4, -0.2) is 22.2 Å². The Bertz CT molecular complexity index is 766. The molecule has 0 saturated carbocycles. The molecular weight excluding hydrogens is 388 g/mol. The standard InChI is InChI=1S/C14H10Br2N2O2/c1-20-10-6-7(15)12(16)11(13(10)19)14-17-8-4-2-3-5-9(8)18-14/h2-6,19H,1H3,(H,17,18). The van der Waals surface area contributed by atoms with Crippen LogP contribution in [0.1, 0.15) is 0 Å². The number of rotatable bonds is 2. The van der Waals surface area contributed by atoms with Crippen molar-refractivity contribution in [2.75, 3.05) is 7.11 Å². The van der Waals surface area contributed by atoms with Crippen molar-refractivity contribution < 1.29 is 9.84 Å². The van der Waals surface area contributed by atoms with E-state index in [1.807, 2.05) is 24.3 Å². The molecule has 2 N–H and O–H groups in total. The van der Waals surface area contributed by atoms with Crippen molar-refractivity contribution in [1.82, 2.24) is 9.97 Å². The zero-order valence-corrected chi connectivity index (χ0v) is 13.6. The van der Waals surface area contributed by atoms with Crippen LogP contribution in [0.2, 0.25) is 0 Å². The molecule has 20 heavy (non-hydrogen) atoms. The van der Waals surface area contributed by atoms with Gasteiger partial charge in [-0.2, -0.15) is 0 Å². The number of halogens is 2. The first-order valence-electron chi connectivity index (χ1n) is 5.82. The number of ether oxygens (including phenoxy) is 1. The number of hydrogen-bond acceptors (Lipinski definition) is 3. The van der Waals surface area contributed by atoms with Gasteiger partial charge in [0.25, 0.3) is 0 Å². The van der Waals surface area contributed by atoms with Gasteiger partial charge in [-0.25, -0.2) is 4.98 Å². The molecule has 0 amide bonds. The molecule has 0 spiro atoms. The van der Waals surface area contributed by atoms with Crippen molar-refractivity contribution in [3.63, 3.8) is 0 Å². The maximum atomic E-state index is 10.3. The van der Waals surface area contributed by atoms with E-state index in [0.717, 1.165) is 20.0 Å². The lowest BCUT2D eigenvalue weighted by Gasteiger charge is -2.11. The van der Waals surface area contributed by atoms with Gasteiger partial charge in [-0.15, -0.1) is 0 Å². The van der Waals surface area contributed by atoms with Gasteiger partial charge in [-0.1, -0.05) is 12.1 Å². The van der Waals surface area contributed by atoms with Gasteiger partial charge in [-0.05, 0) is 50.1 Å². The normalized spacial score (nSPS) is 10.9. The summed E-state index contributed by atoms with van der Waals surface area (Å²) in [6, 6.07) is 9.40. The van der Waals surface area contributed by atoms with Crippen molar-refractivity contribution in [2.45, 2.75) is 0 Å². The lowest BCUT2D eigenvalue weighted by Crippen LogP contribution is -1.90. The predicted octanol–water partition coefficient (Wildman–Crippen LogP) is 4.47. The minimum Gasteiger partial charge on any atom is -0.504 e. The molecule has 2 aromatic carbocycles. The van der Waals surface area contributed by atoms with Crippen molar-refractivity contribution in [2.24, 2.45) is 0 Å². The average molecular weight is 398 g/mol. The highest BCUT2D eigenvalue weighted by Crippen LogP contribution is 2.45. The second kappa shape index (κ2) is 5.10. The molecular formula is C14H10Br2N2O2. The number of para-hydroxylation sites is 2. The van der Waals surface area contributed by atoms with Gasteiger partial charge in [0.05, 0.1) is 23.7 Å². The number of nitrogens with zero attached hydrogens (tertiary/aromatic N) is 1.